The van der Waals surface area contributed by atoms with Crippen LogP contribution >= 0.6 is 37.2 Å². The maximum atomic E-state index is 13.4. The second-order valence-corrected chi connectivity index (χ2v) is 8.77. The van der Waals surface area contributed by atoms with Crippen LogP contribution in [0.1, 0.15) is 18.4 Å². The molecule has 11 heteroatoms. The highest BCUT2D eigenvalue weighted by molar-refractivity contribution is 5.86. The van der Waals surface area contributed by atoms with Gasteiger partial charge in [0.15, 0.2) is 0 Å². The lowest BCUT2D eigenvalue weighted by Crippen LogP contribution is -2.41. The molecule has 0 amide bonds. The SMILES string of the molecule is Cl.Cl.Cl.Nc1cccnc1NCCN1CCC(Nc2nc3ccccc3n2Cc2ccc(F)cc2)CC1. The zero-order valence-electron chi connectivity index (χ0n) is 20.3. The molecule has 2 aromatic carbocycles. The Balaban J connectivity index is 0.00000160. The number of nitrogens with two attached hydrogens (primary N) is 1. The monoisotopic (exact) mass is 567 g/mol. The average molecular weight is 569 g/mol. The van der Waals surface area contributed by atoms with Gasteiger partial charge in [0.1, 0.15) is 11.6 Å². The number of nitrogens with zero attached hydrogens (tertiary/aromatic N) is 4. The minimum absolute atomic E-state index is 0. The van der Waals surface area contributed by atoms with E-state index in [0.29, 0.717) is 18.3 Å². The van der Waals surface area contributed by atoms with Gasteiger partial charge in [-0.2, -0.15) is 0 Å². The standard InChI is InChI=1S/C26H30FN7.3ClH/c27-20-9-7-19(8-10-20)18-34-24-6-2-1-5-23(24)32-26(34)31-21-11-15-33(16-12-21)17-14-30-25-22(28)4-3-13-29-25;;;/h1-10,13,21H,11-12,14-18,28H2,(H,29,30)(H,31,32);3*1H. The Kier molecular flexibility index (Phi) is 11.7. The topological polar surface area (TPSA) is 84.0 Å². The van der Waals surface area contributed by atoms with Crippen LogP contribution < -0.4 is 16.4 Å². The van der Waals surface area contributed by atoms with E-state index in [9.17, 15) is 4.39 Å². The number of fused-ring (bicyclic) bond motifs is 1. The molecule has 5 rings (SSSR count). The smallest absolute Gasteiger partial charge is 0.204 e. The number of piperidine rings is 1. The second-order valence-electron chi connectivity index (χ2n) is 8.77. The highest BCUT2D eigenvalue weighted by Gasteiger charge is 2.21. The molecule has 0 saturated carbocycles. The Morgan fingerprint density at radius 2 is 1.68 bits per heavy atom. The number of nitrogens with one attached hydrogen (secondary N) is 2. The first-order chi connectivity index (χ1) is 16.7. The minimum atomic E-state index is -0.219. The van der Waals surface area contributed by atoms with Crippen molar-refractivity contribution in [3.05, 3.63) is 78.2 Å². The number of hydrogen-bond donors (Lipinski definition) is 3. The van der Waals surface area contributed by atoms with Gasteiger partial charge >= 0.3 is 0 Å². The van der Waals surface area contributed by atoms with E-state index in [1.54, 1.807) is 6.20 Å². The van der Waals surface area contributed by atoms with E-state index in [1.165, 1.54) is 12.1 Å². The third-order valence-corrected chi connectivity index (χ3v) is 6.39. The van der Waals surface area contributed by atoms with Crippen LogP contribution in [0, 0.1) is 5.82 Å². The van der Waals surface area contributed by atoms with Gasteiger partial charge in [0.2, 0.25) is 5.95 Å². The Morgan fingerprint density at radius 3 is 2.41 bits per heavy atom. The van der Waals surface area contributed by atoms with Crippen molar-refractivity contribution in [2.24, 2.45) is 0 Å². The number of aromatic nitrogens is 3. The molecule has 3 heterocycles. The Morgan fingerprint density at radius 1 is 0.946 bits per heavy atom. The van der Waals surface area contributed by atoms with Crippen molar-refractivity contribution in [2.45, 2.75) is 25.4 Å². The third-order valence-electron chi connectivity index (χ3n) is 6.39. The number of likely N-dealkylation sites (tertiary alicyclic amines) is 1. The van der Waals surface area contributed by atoms with Gasteiger partial charge in [0.05, 0.1) is 23.3 Å². The highest BCUT2D eigenvalue weighted by atomic mass is 35.5. The Hall–Kier alpha value is -2.78. The Bertz CT molecular complexity index is 1240. The van der Waals surface area contributed by atoms with Crippen LogP contribution in [0.25, 0.3) is 11.0 Å². The molecule has 7 nitrogen and oxygen atoms in total. The zero-order chi connectivity index (χ0) is 23.3. The summed E-state index contributed by atoms with van der Waals surface area (Å²) in [6, 6.07) is 18.9. The lowest BCUT2D eigenvalue weighted by atomic mass is 10.1. The molecule has 1 aliphatic heterocycles. The summed E-state index contributed by atoms with van der Waals surface area (Å²) in [4.78, 5) is 11.6. The van der Waals surface area contributed by atoms with E-state index in [2.05, 4.69) is 31.2 Å². The molecule has 0 atom stereocenters. The Labute approximate surface area is 235 Å². The van der Waals surface area contributed by atoms with Crippen LogP contribution in [0.2, 0.25) is 0 Å². The normalized spacial score (nSPS) is 13.8. The number of nitrogen functional groups attached to an aromatic ring is 1. The number of imidazole rings is 1. The molecule has 0 spiro atoms. The van der Waals surface area contributed by atoms with Crippen LogP contribution in [0.4, 0.5) is 21.8 Å². The lowest BCUT2D eigenvalue weighted by molar-refractivity contribution is 0.226. The maximum absolute atomic E-state index is 13.4. The fraction of sp³-hybridized carbons (Fsp3) is 0.308. The molecular formula is C26H33Cl3FN7. The van der Waals surface area contributed by atoms with Crippen LogP contribution in [0.15, 0.2) is 66.9 Å². The highest BCUT2D eigenvalue weighted by Crippen LogP contribution is 2.24. The predicted molar refractivity (Wildman–Crippen MR) is 157 cm³/mol. The number of anilines is 3. The van der Waals surface area contributed by atoms with E-state index in [1.807, 2.05) is 42.5 Å². The number of rotatable bonds is 8. The molecule has 0 unspecified atom stereocenters. The summed E-state index contributed by atoms with van der Waals surface area (Å²) in [5.41, 5.74) is 9.71. The predicted octanol–water partition coefficient (Wildman–Crippen LogP) is 5.45. The van der Waals surface area contributed by atoms with E-state index >= 15 is 0 Å². The molecule has 0 bridgehead atoms. The first-order valence-corrected chi connectivity index (χ1v) is 11.8. The molecule has 4 aromatic rings. The molecule has 1 saturated heterocycles. The maximum Gasteiger partial charge on any atom is 0.204 e. The fourth-order valence-corrected chi connectivity index (χ4v) is 4.50. The molecule has 0 aliphatic carbocycles. The molecule has 1 aliphatic rings. The largest absolute Gasteiger partial charge is 0.396 e. The van der Waals surface area contributed by atoms with Crippen molar-refractivity contribution in [3.8, 4) is 0 Å². The van der Waals surface area contributed by atoms with Gasteiger partial charge in [-0.3, -0.25) is 0 Å². The van der Waals surface area contributed by atoms with E-state index in [0.717, 1.165) is 67.4 Å². The first-order valence-electron chi connectivity index (χ1n) is 11.8. The van der Waals surface area contributed by atoms with E-state index < -0.39 is 0 Å². The van der Waals surface area contributed by atoms with Crippen molar-refractivity contribution >= 4 is 65.7 Å². The summed E-state index contributed by atoms with van der Waals surface area (Å²) in [5, 5.41) is 7.02. The van der Waals surface area contributed by atoms with Gasteiger partial charge in [-0.25, -0.2) is 14.4 Å². The second kappa shape index (κ2) is 14.2. The summed E-state index contributed by atoms with van der Waals surface area (Å²) < 4.78 is 15.6. The molecule has 37 heavy (non-hydrogen) atoms. The lowest BCUT2D eigenvalue weighted by Gasteiger charge is -2.32. The summed E-state index contributed by atoms with van der Waals surface area (Å²) in [5.74, 6) is 1.40. The molecule has 0 radical (unpaired) electrons. The zero-order valence-corrected chi connectivity index (χ0v) is 22.8. The van der Waals surface area contributed by atoms with Gasteiger partial charge in [0.25, 0.3) is 0 Å². The van der Waals surface area contributed by atoms with Crippen molar-refractivity contribution in [2.75, 3.05) is 42.5 Å². The number of para-hydroxylation sites is 2. The van der Waals surface area contributed by atoms with Gasteiger partial charge in [0, 0.05) is 38.4 Å². The van der Waals surface area contributed by atoms with Crippen LogP contribution in [0.3, 0.4) is 0 Å². The summed E-state index contributed by atoms with van der Waals surface area (Å²) in [6.45, 7) is 4.45. The summed E-state index contributed by atoms with van der Waals surface area (Å²) in [7, 11) is 0. The first kappa shape index (κ1) is 30.4. The van der Waals surface area contributed by atoms with Crippen LogP contribution in [0.5, 0.6) is 0 Å². The van der Waals surface area contributed by atoms with Crippen molar-refractivity contribution in [1.82, 2.24) is 19.4 Å². The van der Waals surface area contributed by atoms with Crippen molar-refractivity contribution in [1.29, 1.82) is 0 Å². The molecule has 200 valence electrons. The van der Waals surface area contributed by atoms with Crippen LogP contribution in [-0.2, 0) is 6.54 Å². The summed E-state index contributed by atoms with van der Waals surface area (Å²) >= 11 is 0. The third kappa shape index (κ3) is 7.61. The number of hydrogen-bond acceptors (Lipinski definition) is 6. The number of benzene rings is 2. The van der Waals surface area contributed by atoms with E-state index in [-0.39, 0.29) is 43.0 Å². The fourth-order valence-electron chi connectivity index (χ4n) is 4.50. The summed E-state index contributed by atoms with van der Waals surface area (Å²) in [6.07, 6.45) is 3.84. The quantitative estimate of drug-likeness (QED) is 0.262. The van der Waals surface area contributed by atoms with Gasteiger partial charge < -0.3 is 25.8 Å². The number of pyridine rings is 1. The molecule has 1 fully saturated rings. The van der Waals surface area contributed by atoms with E-state index in [4.69, 9.17) is 10.7 Å². The number of halogens is 4. The van der Waals surface area contributed by atoms with Gasteiger partial charge in [-0.05, 0) is 54.8 Å². The molecular weight excluding hydrogens is 536 g/mol. The van der Waals surface area contributed by atoms with Gasteiger partial charge in [-0.1, -0.05) is 24.3 Å². The average Bonchev–Trinajstić information content (AvgIpc) is 3.19. The van der Waals surface area contributed by atoms with Crippen molar-refractivity contribution < 1.29 is 4.39 Å². The minimum Gasteiger partial charge on any atom is -0.396 e. The van der Waals surface area contributed by atoms with Crippen molar-refractivity contribution in [3.63, 3.8) is 0 Å². The molecule has 4 N–H and O–H groups in total. The molecule has 2 aromatic heterocycles. The van der Waals surface area contributed by atoms with Gasteiger partial charge in [-0.15, -0.1) is 37.2 Å². The van der Waals surface area contributed by atoms with Crippen LogP contribution in [-0.4, -0.2) is 51.7 Å².